The van der Waals surface area contributed by atoms with Gasteiger partial charge in [-0.25, -0.2) is 9.37 Å². The molecule has 9 heteroatoms. The zero-order chi connectivity index (χ0) is 23.6. The van der Waals surface area contributed by atoms with Crippen molar-refractivity contribution in [3.63, 3.8) is 0 Å². The Labute approximate surface area is 209 Å². The number of aliphatic hydroxyl groups is 1. The molecule has 34 heavy (non-hydrogen) atoms. The lowest BCUT2D eigenvalue weighted by molar-refractivity contribution is -0.149. The topological polar surface area (TPSA) is 68.4 Å². The molecule has 2 fully saturated rings. The Kier molecular flexibility index (Phi) is 5.46. The van der Waals surface area contributed by atoms with Gasteiger partial charge in [0.05, 0.1) is 27.5 Å². The second kappa shape index (κ2) is 8.28. The summed E-state index contributed by atoms with van der Waals surface area (Å²) >= 11 is 14.2. The predicted molar refractivity (Wildman–Crippen MR) is 130 cm³/mol. The van der Waals surface area contributed by atoms with E-state index in [4.69, 9.17) is 32.5 Å². The normalized spacial score (nSPS) is 22.3. The molecule has 2 aliphatic rings. The van der Waals surface area contributed by atoms with Crippen LogP contribution < -0.4 is 0 Å². The number of thiazole rings is 1. The Morgan fingerprint density at radius 3 is 2.68 bits per heavy atom. The first-order valence-electron chi connectivity index (χ1n) is 11.2. The fourth-order valence-electron chi connectivity index (χ4n) is 4.55. The van der Waals surface area contributed by atoms with Gasteiger partial charge in [0, 0.05) is 29.9 Å². The summed E-state index contributed by atoms with van der Waals surface area (Å²) in [6.45, 7) is 2.12. The minimum Gasteiger partial charge on any atom is -0.382 e. The minimum atomic E-state index is -1.11. The average molecular weight is 519 g/mol. The molecule has 0 radical (unpaired) electrons. The van der Waals surface area contributed by atoms with E-state index in [9.17, 15) is 9.50 Å². The van der Waals surface area contributed by atoms with Crippen LogP contribution in [0.25, 0.3) is 21.5 Å². The summed E-state index contributed by atoms with van der Waals surface area (Å²) in [6.07, 6.45) is 2.71. The highest BCUT2D eigenvalue weighted by Gasteiger charge is 2.47. The number of rotatable bonds is 6. The van der Waals surface area contributed by atoms with Crippen molar-refractivity contribution in [3.8, 4) is 11.3 Å². The van der Waals surface area contributed by atoms with Gasteiger partial charge in [0.15, 0.2) is 5.82 Å². The first-order valence-corrected chi connectivity index (χ1v) is 12.7. The lowest BCUT2D eigenvalue weighted by Crippen LogP contribution is -2.45. The maximum Gasteiger partial charge on any atom is 0.150 e. The summed E-state index contributed by atoms with van der Waals surface area (Å²) in [5, 5.41) is 16.9. The molecule has 176 valence electrons. The molecule has 2 saturated carbocycles. The highest BCUT2D eigenvalue weighted by atomic mass is 35.5. The van der Waals surface area contributed by atoms with Crippen molar-refractivity contribution in [1.82, 2.24) is 10.1 Å². The first kappa shape index (κ1) is 22.4. The van der Waals surface area contributed by atoms with E-state index in [0.717, 1.165) is 34.4 Å². The van der Waals surface area contributed by atoms with Gasteiger partial charge in [0.1, 0.15) is 27.6 Å². The third-order valence-electron chi connectivity index (χ3n) is 6.55. The summed E-state index contributed by atoms with van der Waals surface area (Å²) in [6, 6.07) is 8.68. The predicted octanol–water partition coefficient (Wildman–Crippen LogP) is 7.15. The van der Waals surface area contributed by atoms with Crippen LogP contribution in [0.2, 0.25) is 10.0 Å². The highest BCUT2D eigenvalue weighted by Crippen LogP contribution is 2.48. The first-order chi connectivity index (χ1) is 16.3. The lowest BCUT2D eigenvalue weighted by Gasteiger charge is -2.41. The molecule has 2 aromatic carbocycles. The van der Waals surface area contributed by atoms with Crippen LogP contribution in [-0.4, -0.2) is 21.4 Å². The third-order valence-corrected chi connectivity index (χ3v) is 8.38. The third kappa shape index (κ3) is 3.84. The van der Waals surface area contributed by atoms with E-state index < -0.39 is 5.60 Å². The smallest absolute Gasteiger partial charge is 0.150 e. The van der Waals surface area contributed by atoms with Crippen molar-refractivity contribution in [3.05, 3.63) is 68.1 Å². The van der Waals surface area contributed by atoms with Gasteiger partial charge in [-0.2, -0.15) is 0 Å². The molecule has 2 aliphatic carbocycles. The lowest BCUT2D eigenvalue weighted by atomic mass is 9.78. The van der Waals surface area contributed by atoms with E-state index in [1.807, 2.05) is 13.0 Å². The molecule has 4 aromatic rings. The van der Waals surface area contributed by atoms with E-state index in [1.54, 1.807) is 18.2 Å². The molecule has 0 unspecified atom stereocenters. The van der Waals surface area contributed by atoms with Crippen molar-refractivity contribution in [2.24, 2.45) is 0 Å². The summed E-state index contributed by atoms with van der Waals surface area (Å²) in [5.41, 5.74) is 2.11. The minimum absolute atomic E-state index is 0.167. The molecule has 0 atom stereocenters. The number of aromatic nitrogens is 2. The van der Waals surface area contributed by atoms with Gasteiger partial charge in [0.2, 0.25) is 0 Å². The van der Waals surface area contributed by atoms with Gasteiger partial charge < -0.3 is 14.4 Å². The standard InChI is InChI=1S/C25H21Cl2FN2O3S/c1-12-7-18(28)22-19(8-12)34-24(29-22)25(31)9-14(10-25)32-11-15-21(30-33-23(15)13-5-6-13)20-16(26)3-2-4-17(20)27/h2-4,7-8,13-14,31H,5-6,9-11H2,1H3. The van der Waals surface area contributed by atoms with Gasteiger partial charge in [0.25, 0.3) is 0 Å². The number of hydrogen-bond acceptors (Lipinski definition) is 6. The number of aryl methyl sites for hydroxylation is 1. The van der Waals surface area contributed by atoms with Gasteiger partial charge >= 0.3 is 0 Å². The molecular formula is C25H21Cl2FN2O3S. The molecule has 0 amide bonds. The zero-order valence-electron chi connectivity index (χ0n) is 18.3. The summed E-state index contributed by atoms with van der Waals surface area (Å²) in [7, 11) is 0. The molecule has 6 rings (SSSR count). The molecule has 5 nitrogen and oxygen atoms in total. The van der Waals surface area contributed by atoms with Crippen LogP contribution in [0.5, 0.6) is 0 Å². The number of benzene rings is 2. The maximum atomic E-state index is 14.3. The number of ether oxygens (including phenoxy) is 1. The summed E-state index contributed by atoms with van der Waals surface area (Å²) < 4.78 is 26.9. The highest BCUT2D eigenvalue weighted by molar-refractivity contribution is 7.18. The van der Waals surface area contributed by atoms with Gasteiger partial charge in [-0.3, -0.25) is 0 Å². The van der Waals surface area contributed by atoms with E-state index in [-0.39, 0.29) is 18.5 Å². The molecule has 0 aliphatic heterocycles. The monoisotopic (exact) mass is 518 g/mol. The van der Waals surface area contributed by atoms with Crippen LogP contribution in [-0.2, 0) is 16.9 Å². The number of halogens is 3. The maximum absolute atomic E-state index is 14.3. The Balaban J connectivity index is 1.21. The van der Waals surface area contributed by atoms with E-state index in [1.165, 1.54) is 17.4 Å². The molecule has 1 N–H and O–H groups in total. The SMILES string of the molecule is Cc1cc(F)c2nc(C3(O)CC(OCc4c(-c5c(Cl)cccc5Cl)noc4C4CC4)C3)sc2c1. The molecular weight excluding hydrogens is 498 g/mol. The van der Waals surface area contributed by atoms with E-state index in [2.05, 4.69) is 10.1 Å². The summed E-state index contributed by atoms with van der Waals surface area (Å²) in [5.74, 6) is 0.789. The molecule has 2 heterocycles. The molecule has 0 bridgehead atoms. The summed E-state index contributed by atoms with van der Waals surface area (Å²) in [4.78, 5) is 4.39. The molecule has 2 aromatic heterocycles. The largest absolute Gasteiger partial charge is 0.382 e. The zero-order valence-corrected chi connectivity index (χ0v) is 20.6. The number of fused-ring (bicyclic) bond motifs is 1. The van der Waals surface area contributed by atoms with Crippen molar-refractivity contribution >= 4 is 44.8 Å². The van der Waals surface area contributed by atoms with Gasteiger partial charge in [-0.1, -0.05) is 34.4 Å². The Morgan fingerprint density at radius 2 is 1.97 bits per heavy atom. The van der Waals surface area contributed by atoms with Crippen LogP contribution in [0, 0.1) is 12.7 Å². The number of hydrogen-bond donors (Lipinski definition) is 1. The van der Waals surface area contributed by atoms with Crippen LogP contribution in [0.3, 0.4) is 0 Å². The van der Waals surface area contributed by atoms with Crippen LogP contribution >= 0.6 is 34.5 Å². The number of nitrogens with zero attached hydrogens (tertiary/aromatic N) is 2. The Hall–Kier alpha value is -2.03. The van der Waals surface area contributed by atoms with Crippen LogP contribution in [0.15, 0.2) is 34.9 Å². The van der Waals surface area contributed by atoms with Crippen LogP contribution in [0.4, 0.5) is 4.39 Å². The van der Waals surface area contributed by atoms with E-state index in [0.29, 0.717) is 50.6 Å². The Morgan fingerprint density at radius 1 is 1.24 bits per heavy atom. The van der Waals surface area contributed by atoms with Crippen molar-refractivity contribution in [2.75, 3.05) is 0 Å². The van der Waals surface area contributed by atoms with Gasteiger partial charge in [-0.15, -0.1) is 11.3 Å². The molecule has 0 spiro atoms. The van der Waals surface area contributed by atoms with Gasteiger partial charge in [-0.05, 0) is 49.6 Å². The second-order valence-corrected chi connectivity index (χ2v) is 11.1. The second-order valence-electron chi connectivity index (χ2n) is 9.23. The van der Waals surface area contributed by atoms with Crippen molar-refractivity contribution in [2.45, 2.75) is 56.8 Å². The van der Waals surface area contributed by atoms with E-state index >= 15 is 0 Å². The van der Waals surface area contributed by atoms with Crippen molar-refractivity contribution < 1.29 is 18.8 Å². The van der Waals surface area contributed by atoms with Crippen LogP contribution in [0.1, 0.15) is 53.5 Å². The molecule has 0 saturated heterocycles. The fourth-order valence-corrected chi connectivity index (χ4v) is 6.31. The quantitative estimate of drug-likeness (QED) is 0.293. The average Bonchev–Trinajstić information content (AvgIpc) is 3.37. The Bertz CT molecular complexity index is 1390. The van der Waals surface area contributed by atoms with Crippen molar-refractivity contribution in [1.29, 1.82) is 0 Å². The fraction of sp³-hybridized carbons (Fsp3) is 0.360.